The lowest BCUT2D eigenvalue weighted by molar-refractivity contribution is -0.0586. The average molecular weight is 330 g/mol. The summed E-state index contributed by atoms with van der Waals surface area (Å²) in [5, 5.41) is 0.450. The Bertz CT molecular complexity index is 694. The molecular formula is C14H14ClF2N3O2. The maximum atomic E-state index is 13.2. The molecule has 5 nitrogen and oxygen atoms in total. The van der Waals surface area contributed by atoms with E-state index in [9.17, 15) is 13.6 Å². The summed E-state index contributed by atoms with van der Waals surface area (Å²) in [6.07, 6.45) is 2.57. The number of carbonyl (C=O) groups is 1. The van der Waals surface area contributed by atoms with Crippen LogP contribution < -0.4 is 4.74 Å². The number of H-pyrrole nitrogens is 1. The molecule has 0 aliphatic heterocycles. The highest BCUT2D eigenvalue weighted by Crippen LogP contribution is 2.35. The van der Waals surface area contributed by atoms with Gasteiger partial charge in [-0.05, 0) is 12.8 Å². The van der Waals surface area contributed by atoms with E-state index in [0.717, 1.165) is 0 Å². The van der Waals surface area contributed by atoms with Crippen LogP contribution in [0.2, 0.25) is 0 Å². The van der Waals surface area contributed by atoms with Crippen molar-refractivity contribution < 1.29 is 18.3 Å². The number of nitrogens with zero attached hydrogens (tertiary/aromatic N) is 2. The molecule has 0 unspecified atom stereocenters. The third-order valence-corrected chi connectivity index (χ3v) is 4.04. The van der Waals surface area contributed by atoms with Crippen LogP contribution in [0.15, 0.2) is 12.5 Å². The van der Waals surface area contributed by atoms with Crippen molar-refractivity contribution in [2.24, 2.45) is 0 Å². The summed E-state index contributed by atoms with van der Waals surface area (Å²) in [7, 11) is 0. The molecule has 0 amide bonds. The number of fused-ring (bicyclic) bond motifs is 1. The van der Waals surface area contributed by atoms with Crippen molar-refractivity contribution in [2.75, 3.05) is 5.88 Å². The summed E-state index contributed by atoms with van der Waals surface area (Å²) < 4.78 is 32.1. The Balaban J connectivity index is 1.88. The molecule has 0 bridgehead atoms. The lowest BCUT2D eigenvalue weighted by atomic mass is 9.94. The second-order valence-electron chi connectivity index (χ2n) is 5.33. The number of nitrogens with one attached hydrogen (secondary N) is 1. The van der Waals surface area contributed by atoms with E-state index in [0.29, 0.717) is 16.6 Å². The zero-order valence-corrected chi connectivity index (χ0v) is 12.4. The van der Waals surface area contributed by atoms with Crippen LogP contribution >= 0.6 is 11.6 Å². The van der Waals surface area contributed by atoms with E-state index in [1.165, 1.54) is 12.5 Å². The normalized spacial score (nSPS) is 18.5. The molecule has 1 fully saturated rings. The molecule has 2 aromatic heterocycles. The van der Waals surface area contributed by atoms with Gasteiger partial charge in [-0.2, -0.15) is 0 Å². The fraction of sp³-hybridized carbons (Fsp3) is 0.500. The first-order valence-electron chi connectivity index (χ1n) is 6.96. The summed E-state index contributed by atoms with van der Waals surface area (Å²) in [5.41, 5.74) is 0.807. The first kappa shape index (κ1) is 15.1. The molecule has 2 aromatic rings. The number of hydrogen-bond donors (Lipinski definition) is 1. The van der Waals surface area contributed by atoms with Gasteiger partial charge in [-0.1, -0.05) is 0 Å². The van der Waals surface area contributed by atoms with Gasteiger partial charge in [-0.3, -0.25) is 4.79 Å². The second-order valence-corrected chi connectivity index (χ2v) is 5.60. The SMILES string of the molecule is O=C(CCl)c1c[nH]c2ncnc(OC3CCC(F)(F)CC3)c12. The number of hydrogen-bond acceptors (Lipinski definition) is 4. The van der Waals surface area contributed by atoms with Crippen LogP contribution in [0.25, 0.3) is 11.0 Å². The van der Waals surface area contributed by atoms with Crippen LogP contribution in [0.5, 0.6) is 5.88 Å². The number of aromatic amines is 1. The van der Waals surface area contributed by atoms with Gasteiger partial charge in [0.2, 0.25) is 11.8 Å². The molecule has 0 saturated heterocycles. The molecule has 0 aromatic carbocycles. The molecule has 1 aliphatic rings. The van der Waals surface area contributed by atoms with Crippen LogP contribution in [0.3, 0.4) is 0 Å². The minimum absolute atomic E-state index is 0.170. The predicted molar refractivity (Wildman–Crippen MR) is 76.8 cm³/mol. The van der Waals surface area contributed by atoms with Crippen molar-refractivity contribution in [3.8, 4) is 5.88 Å². The van der Waals surface area contributed by atoms with Crippen LogP contribution in [-0.2, 0) is 0 Å². The molecular weight excluding hydrogens is 316 g/mol. The van der Waals surface area contributed by atoms with E-state index < -0.39 is 5.92 Å². The predicted octanol–water partition coefficient (Wildman–Crippen LogP) is 3.34. The largest absolute Gasteiger partial charge is 0.474 e. The highest BCUT2D eigenvalue weighted by Gasteiger charge is 2.36. The van der Waals surface area contributed by atoms with Crippen molar-refractivity contribution in [1.82, 2.24) is 15.0 Å². The number of alkyl halides is 3. The highest BCUT2D eigenvalue weighted by atomic mass is 35.5. The number of carbonyl (C=O) groups excluding carboxylic acids is 1. The van der Waals surface area contributed by atoms with E-state index >= 15 is 0 Å². The minimum Gasteiger partial charge on any atom is -0.474 e. The monoisotopic (exact) mass is 329 g/mol. The zero-order valence-electron chi connectivity index (χ0n) is 11.6. The van der Waals surface area contributed by atoms with E-state index in [4.69, 9.17) is 16.3 Å². The van der Waals surface area contributed by atoms with Gasteiger partial charge in [-0.25, -0.2) is 18.7 Å². The Morgan fingerprint density at radius 1 is 1.41 bits per heavy atom. The lowest BCUT2D eigenvalue weighted by Gasteiger charge is -2.28. The van der Waals surface area contributed by atoms with Gasteiger partial charge in [0.25, 0.3) is 0 Å². The van der Waals surface area contributed by atoms with Crippen LogP contribution in [0.1, 0.15) is 36.0 Å². The van der Waals surface area contributed by atoms with E-state index in [1.54, 1.807) is 0 Å². The smallest absolute Gasteiger partial charge is 0.248 e. The molecule has 0 spiro atoms. The van der Waals surface area contributed by atoms with Gasteiger partial charge in [0.15, 0.2) is 5.78 Å². The summed E-state index contributed by atoms with van der Waals surface area (Å²) >= 11 is 5.59. The maximum absolute atomic E-state index is 13.2. The fourth-order valence-electron chi connectivity index (χ4n) is 2.60. The van der Waals surface area contributed by atoms with Crippen LogP contribution in [0, 0.1) is 0 Å². The number of ether oxygens (including phenoxy) is 1. The zero-order chi connectivity index (χ0) is 15.7. The van der Waals surface area contributed by atoms with Gasteiger partial charge in [-0.15, -0.1) is 11.6 Å². The standard InChI is InChI=1S/C14H14ClF2N3O2/c15-5-10(21)9-6-18-12-11(9)13(20-7-19-12)22-8-1-3-14(16,17)4-2-8/h6-8H,1-5H2,(H,18,19,20). The third-order valence-electron chi connectivity index (χ3n) is 3.80. The molecule has 0 radical (unpaired) electrons. The van der Waals surface area contributed by atoms with Gasteiger partial charge in [0, 0.05) is 19.0 Å². The first-order chi connectivity index (χ1) is 10.5. The molecule has 2 heterocycles. The molecule has 1 N–H and O–H groups in total. The number of rotatable bonds is 4. The molecule has 1 saturated carbocycles. The van der Waals surface area contributed by atoms with Crippen molar-refractivity contribution in [3.63, 3.8) is 0 Å². The Kier molecular flexibility index (Phi) is 3.99. The Labute approximate surface area is 130 Å². The number of ketones is 1. The topological polar surface area (TPSA) is 67.9 Å². The molecule has 118 valence electrons. The average Bonchev–Trinajstić information content (AvgIpc) is 2.94. The summed E-state index contributed by atoms with van der Waals surface area (Å²) in [4.78, 5) is 22.8. The van der Waals surface area contributed by atoms with Gasteiger partial charge in [0.05, 0.1) is 16.8 Å². The second kappa shape index (κ2) is 5.79. The Hall–Kier alpha value is -1.76. The van der Waals surface area contributed by atoms with Gasteiger partial charge >= 0.3 is 0 Å². The summed E-state index contributed by atoms with van der Waals surface area (Å²) in [6.45, 7) is 0. The first-order valence-corrected chi connectivity index (χ1v) is 7.49. The molecule has 22 heavy (non-hydrogen) atoms. The summed E-state index contributed by atoms with van der Waals surface area (Å²) in [5.74, 6) is -2.83. The van der Waals surface area contributed by atoms with Crippen molar-refractivity contribution in [3.05, 3.63) is 18.1 Å². The van der Waals surface area contributed by atoms with Crippen LogP contribution in [0.4, 0.5) is 8.78 Å². The van der Waals surface area contributed by atoms with E-state index in [-0.39, 0.29) is 49.3 Å². The highest BCUT2D eigenvalue weighted by molar-refractivity contribution is 6.32. The molecule has 0 atom stereocenters. The third kappa shape index (κ3) is 2.90. The van der Waals surface area contributed by atoms with Crippen molar-refractivity contribution >= 4 is 28.4 Å². The molecule has 3 rings (SSSR count). The number of Topliss-reactive ketones (excluding diaryl/α,β-unsaturated/α-hetero) is 1. The summed E-state index contributed by atoms with van der Waals surface area (Å²) in [6, 6.07) is 0. The van der Waals surface area contributed by atoms with Crippen LogP contribution in [-0.4, -0.2) is 38.6 Å². The van der Waals surface area contributed by atoms with Gasteiger partial charge < -0.3 is 9.72 Å². The van der Waals surface area contributed by atoms with Gasteiger partial charge in [0.1, 0.15) is 18.1 Å². The Morgan fingerprint density at radius 2 is 2.14 bits per heavy atom. The fourth-order valence-corrected chi connectivity index (χ4v) is 2.75. The van der Waals surface area contributed by atoms with Crippen molar-refractivity contribution in [1.29, 1.82) is 0 Å². The molecule has 1 aliphatic carbocycles. The number of aromatic nitrogens is 3. The Morgan fingerprint density at radius 3 is 2.82 bits per heavy atom. The minimum atomic E-state index is -2.62. The van der Waals surface area contributed by atoms with E-state index in [2.05, 4.69) is 15.0 Å². The molecule has 8 heteroatoms. The maximum Gasteiger partial charge on any atom is 0.248 e. The van der Waals surface area contributed by atoms with E-state index in [1.807, 2.05) is 0 Å². The quantitative estimate of drug-likeness (QED) is 0.690. The van der Waals surface area contributed by atoms with Crippen molar-refractivity contribution in [2.45, 2.75) is 37.7 Å². The lowest BCUT2D eigenvalue weighted by Crippen LogP contribution is -2.31. The number of halogens is 3.